The van der Waals surface area contributed by atoms with Crippen molar-refractivity contribution in [1.82, 2.24) is 0 Å². The van der Waals surface area contributed by atoms with Crippen LogP contribution in [0.25, 0.3) is 0 Å². The Balaban J connectivity index is 1.42. The summed E-state index contributed by atoms with van der Waals surface area (Å²) in [7, 11) is 0. The van der Waals surface area contributed by atoms with Gasteiger partial charge in [0.05, 0.1) is 0 Å². The minimum atomic E-state index is -0.200. The molecular weight excluding hydrogens is 386 g/mol. The normalized spacial score (nSPS) is 12.3. The molecule has 0 atom stereocenters. The minimum Gasteiger partial charge on any atom is -0.326 e. The summed E-state index contributed by atoms with van der Waals surface area (Å²) in [5, 5.41) is 3.51. The van der Waals surface area contributed by atoms with Crippen LogP contribution in [0.3, 0.4) is 0 Å². The standard InChI is InChI=1S/C24H18ClNO3/c25-16-10-8-15(9-11-16)4-3-7-22(27)26-17-12-13-20-21(14-17)24(29)19-6-2-1-5-18(19)23(20)28/h1-2,5-6,8-14H,3-4,7H2,(H,26,27). The third-order valence-corrected chi connectivity index (χ3v) is 5.24. The summed E-state index contributed by atoms with van der Waals surface area (Å²) in [6.45, 7) is 0. The molecule has 0 unspecified atom stereocenters. The van der Waals surface area contributed by atoms with Gasteiger partial charge in [-0.2, -0.15) is 0 Å². The zero-order chi connectivity index (χ0) is 20.4. The molecule has 4 nitrogen and oxygen atoms in total. The molecule has 0 radical (unpaired) electrons. The van der Waals surface area contributed by atoms with Crippen LogP contribution in [0.2, 0.25) is 5.02 Å². The fraction of sp³-hybridized carbons (Fsp3) is 0.125. The molecule has 0 saturated carbocycles. The summed E-state index contributed by atoms with van der Waals surface area (Å²) in [5.74, 6) is -0.501. The summed E-state index contributed by atoms with van der Waals surface area (Å²) in [6.07, 6.45) is 1.83. The summed E-state index contributed by atoms with van der Waals surface area (Å²) >= 11 is 5.87. The maximum atomic E-state index is 12.8. The van der Waals surface area contributed by atoms with E-state index in [9.17, 15) is 14.4 Å². The van der Waals surface area contributed by atoms with Gasteiger partial charge in [-0.05, 0) is 48.7 Å². The molecule has 4 rings (SSSR count). The highest BCUT2D eigenvalue weighted by atomic mass is 35.5. The number of rotatable bonds is 5. The van der Waals surface area contributed by atoms with Crippen LogP contribution >= 0.6 is 11.6 Å². The van der Waals surface area contributed by atoms with Crippen LogP contribution in [-0.2, 0) is 11.2 Å². The second-order valence-electron chi connectivity index (χ2n) is 6.99. The van der Waals surface area contributed by atoms with Crippen molar-refractivity contribution in [2.75, 3.05) is 5.32 Å². The number of nitrogens with one attached hydrogen (secondary N) is 1. The highest BCUT2D eigenvalue weighted by Gasteiger charge is 2.29. The summed E-state index contributed by atoms with van der Waals surface area (Å²) in [4.78, 5) is 37.7. The zero-order valence-corrected chi connectivity index (χ0v) is 16.3. The van der Waals surface area contributed by atoms with E-state index in [-0.39, 0.29) is 17.5 Å². The van der Waals surface area contributed by atoms with E-state index < -0.39 is 0 Å². The van der Waals surface area contributed by atoms with Crippen molar-refractivity contribution in [1.29, 1.82) is 0 Å². The van der Waals surface area contributed by atoms with E-state index in [1.54, 1.807) is 42.5 Å². The Labute approximate surface area is 173 Å². The highest BCUT2D eigenvalue weighted by molar-refractivity contribution is 6.30. The van der Waals surface area contributed by atoms with Crippen LogP contribution in [0.4, 0.5) is 5.69 Å². The Hall–Kier alpha value is -3.24. The van der Waals surface area contributed by atoms with Gasteiger partial charge in [0.25, 0.3) is 0 Å². The smallest absolute Gasteiger partial charge is 0.224 e. The molecule has 1 aliphatic rings. The zero-order valence-electron chi connectivity index (χ0n) is 15.6. The first kappa shape index (κ1) is 19.1. The Bertz CT molecular complexity index is 1120. The molecular formula is C24H18ClNO3. The molecule has 0 fully saturated rings. The molecule has 3 aromatic rings. The second kappa shape index (κ2) is 8.02. The van der Waals surface area contributed by atoms with E-state index in [2.05, 4.69) is 5.32 Å². The number of anilines is 1. The van der Waals surface area contributed by atoms with Crippen molar-refractivity contribution in [2.24, 2.45) is 0 Å². The van der Waals surface area contributed by atoms with Crippen LogP contribution in [-0.4, -0.2) is 17.5 Å². The summed E-state index contributed by atoms with van der Waals surface area (Å²) in [5.41, 5.74) is 3.15. The van der Waals surface area contributed by atoms with Crippen molar-refractivity contribution < 1.29 is 14.4 Å². The van der Waals surface area contributed by atoms with Crippen molar-refractivity contribution in [3.63, 3.8) is 0 Å². The third-order valence-electron chi connectivity index (χ3n) is 4.99. The number of aryl methyl sites for hydroxylation is 1. The third kappa shape index (κ3) is 3.98. The number of fused-ring (bicyclic) bond motifs is 2. The first-order chi connectivity index (χ1) is 14.0. The van der Waals surface area contributed by atoms with E-state index in [0.717, 1.165) is 12.0 Å². The largest absolute Gasteiger partial charge is 0.326 e. The van der Waals surface area contributed by atoms with Crippen molar-refractivity contribution in [2.45, 2.75) is 19.3 Å². The molecule has 0 aromatic heterocycles. The Morgan fingerprint density at radius 1 is 0.793 bits per heavy atom. The molecule has 5 heteroatoms. The van der Waals surface area contributed by atoms with Gasteiger partial charge in [0.1, 0.15) is 0 Å². The number of benzene rings is 3. The molecule has 29 heavy (non-hydrogen) atoms. The van der Waals surface area contributed by atoms with E-state index in [0.29, 0.717) is 45.8 Å². The topological polar surface area (TPSA) is 63.2 Å². The van der Waals surface area contributed by atoms with Crippen LogP contribution in [0.1, 0.15) is 50.2 Å². The van der Waals surface area contributed by atoms with Crippen LogP contribution < -0.4 is 5.32 Å². The SMILES string of the molecule is O=C(CCCc1ccc(Cl)cc1)Nc1ccc2c(c1)C(=O)c1ccccc1C2=O. The molecule has 1 amide bonds. The van der Waals surface area contributed by atoms with Crippen molar-refractivity contribution in [3.05, 3.63) is 99.6 Å². The molecule has 3 aromatic carbocycles. The van der Waals surface area contributed by atoms with E-state index in [1.165, 1.54) is 0 Å². The number of halogens is 1. The lowest BCUT2D eigenvalue weighted by Gasteiger charge is -2.18. The van der Waals surface area contributed by atoms with Gasteiger partial charge in [-0.3, -0.25) is 14.4 Å². The lowest BCUT2D eigenvalue weighted by atomic mass is 9.84. The number of carbonyl (C=O) groups excluding carboxylic acids is 3. The van der Waals surface area contributed by atoms with Gasteiger partial charge in [0.15, 0.2) is 11.6 Å². The highest BCUT2D eigenvalue weighted by Crippen LogP contribution is 2.29. The fourth-order valence-corrected chi connectivity index (χ4v) is 3.63. The molecule has 0 saturated heterocycles. The van der Waals surface area contributed by atoms with E-state index >= 15 is 0 Å². The van der Waals surface area contributed by atoms with Crippen LogP contribution in [0.15, 0.2) is 66.7 Å². The summed E-state index contributed by atoms with van der Waals surface area (Å²) < 4.78 is 0. The van der Waals surface area contributed by atoms with Gasteiger partial charge in [-0.25, -0.2) is 0 Å². The Morgan fingerprint density at radius 2 is 1.41 bits per heavy atom. The second-order valence-corrected chi connectivity index (χ2v) is 7.43. The number of hydrogen-bond donors (Lipinski definition) is 1. The van der Waals surface area contributed by atoms with Crippen LogP contribution in [0, 0.1) is 0 Å². The van der Waals surface area contributed by atoms with Crippen LogP contribution in [0.5, 0.6) is 0 Å². The summed E-state index contributed by atoms with van der Waals surface area (Å²) in [6, 6.07) is 19.2. The fourth-order valence-electron chi connectivity index (χ4n) is 3.50. The Morgan fingerprint density at radius 3 is 2.10 bits per heavy atom. The lowest BCUT2D eigenvalue weighted by Crippen LogP contribution is -2.21. The molecule has 0 heterocycles. The molecule has 1 aliphatic carbocycles. The molecule has 0 aliphatic heterocycles. The number of hydrogen-bond acceptors (Lipinski definition) is 3. The van der Waals surface area contributed by atoms with Gasteiger partial charge in [-0.15, -0.1) is 0 Å². The minimum absolute atomic E-state index is 0.131. The predicted molar refractivity (Wildman–Crippen MR) is 113 cm³/mol. The average Bonchev–Trinajstić information content (AvgIpc) is 2.73. The first-order valence-corrected chi connectivity index (χ1v) is 9.77. The van der Waals surface area contributed by atoms with Gasteiger partial charge < -0.3 is 5.32 Å². The Kier molecular flexibility index (Phi) is 5.28. The predicted octanol–water partition coefficient (Wildman–Crippen LogP) is 5.08. The molecule has 1 N–H and O–H groups in total. The van der Waals surface area contributed by atoms with Gasteiger partial charge in [0.2, 0.25) is 5.91 Å². The maximum Gasteiger partial charge on any atom is 0.224 e. The maximum absolute atomic E-state index is 12.8. The number of carbonyl (C=O) groups is 3. The van der Waals surface area contributed by atoms with Crippen molar-refractivity contribution >= 4 is 34.8 Å². The van der Waals surface area contributed by atoms with Gasteiger partial charge >= 0.3 is 0 Å². The monoisotopic (exact) mass is 403 g/mol. The van der Waals surface area contributed by atoms with Crippen molar-refractivity contribution in [3.8, 4) is 0 Å². The van der Waals surface area contributed by atoms with Gasteiger partial charge in [-0.1, -0.05) is 48.0 Å². The quantitative estimate of drug-likeness (QED) is 0.505. The average molecular weight is 404 g/mol. The first-order valence-electron chi connectivity index (χ1n) is 9.40. The molecule has 0 spiro atoms. The van der Waals surface area contributed by atoms with E-state index in [1.807, 2.05) is 24.3 Å². The molecule has 144 valence electrons. The molecule has 0 bridgehead atoms. The lowest BCUT2D eigenvalue weighted by molar-refractivity contribution is -0.116. The van der Waals surface area contributed by atoms with E-state index in [4.69, 9.17) is 11.6 Å². The number of ketones is 2. The number of amides is 1. The van der Waals surface area contributed by atoms with Gasteiger partial charge in [0, 0.05) is 39.4 Å².